The fourth-order valence-electron chi connectivity index (χ4n) is 1.64. The number of nitrogens with zero attached hydrogens (tertiary/aromatic N) is 2. The van der Waals surface area contributed by atoms with Crippen LogP contribution in [0.5, 0.6) is 5.88 Å². The molecule has 0 radical (unpaired) electrons. The van der Waals surface area contributed by atoms with Crippen LogP contribution in [0, 0.1) is 11.8 Å². The molecule has 2 heterocycles. The van der Waals surface area contributed by atoms with Crippen molar-refractivity contribution in [2.24, 2.45) is 0 Å². The van der Waals surface area contributed by atoms with Gasteiger partial charge in [0.2, 0.25) is 11.8 Å². The molecule has 3 rings (SSSR count). The maximum Gasteiger partial charge on any atom is 0.214 e. The summed E-state index contributed by atoms with van der Waals surface area (Å²) in [5.74, 6) is -0.207. The van der Waals surface area contributed by atoms with Gasteiger partial charge in [-0.3, -0.25) is 0 Å². The molecule has 2 aromatic heterocycles. The van der Waals surface area contributed by atoms with Crippen molar-refractivity contribution in [3.8, 4) is 5.88 Å². The van der Waals surface area contributed by atoms with Crippen LogP contribution in [0.4, 0.5) is 8.78 Å². The first-order valence-electron chi connectivity index (χ1n) is 6.81. The van der Waals surface area contributed by atoms with Gasteiger partial charge in [0.05, 0.1) is 0 Å². The summed E-state index contributed by atoms with van der Waals surface area (Å²) in [7, 11) is 0. The van der Waals surface area contributed by atoms with Crippen LogP contribution in [0.25, 0.3) is 0 Å². The molecule has 0 aliphatic carbocycles. The first kappa shape index (κ1) is 18.5. The molecular weight excluding hydrogens is 446 g/mol. The third-order valence-electron chi connectivity index (χ3n) is 2.65. The van der Waals surface area contributed by atoms with Gasteiger partial charge >= 0.3 is 0 Å². The molecule has 1 aromatic carbocycles. The van der Waals surface area contributed by atoms with Crippen molar-refractivity contribution in [1.29, 1.82) is 0 Å². The molecule has 7 heteroatoms. The molecule has 0 amide bonds. The minimum absolute atomic E-state index is 0.261. The highest BCUT2D eigenvalue weighted by Crippen LogP contribution is 2.14. The second kappa shape index (κ2) is 9.44. The molecule has 0 bridgehead atoms. The summed E-state index contributed by atoms with van der Waals surface area (Å²) in [6.07, 6.45) is 0. The second-order valence-electron chi connectivity index (χ2n) is 4.50. The molecule has 24 heavy (non-hydrogen) atoms. The van der Waals surface area contributed by atoms with Crippen LogP contribution in [0.1, 0.15) is 5.56 Å². The number of rotatable bonds is 3. The summed E-state index contributed by atoms with van der Waals surface area (Å²) in [5.41, 5.74) is 0.779. The normalized spacial score (nSPS) is 9.83. The van der Waals surface area contributed by atoms with Crippen molar-refractivity contribution in [3.63, 3.8) is 0 Å². The fraction of sp³-hybridized carbons (Fsp3) is 0.0588. The van der Waals surface area contributed by atoms with Gasteiger partial charge in [-0.2, -0.15) is 4.39 Å². The lowest BCUT2D eigenvalue weighted by Crippen LogP contribution is -1.97. The van der Waals surface area contributed by atoms with Gasteiger partial charge in [0, 0.05) is 6.07 Å². The Bertz CT molecular complexity index is 740. The van der Waals surface area contributed by atoms with Gasteiger partial charge in [0.25, 0.3) is 0 Å². The van der Waals surface area contributed by atoms with Crippen LogP contribution in [-0.2, 0) is 6.61 Å². The number of pyridine rings is 2. The van der Waals surface area contributed by atoms with Gasteiger partial charge in [-0.1, -0.05) is 24.3 Å². The molecule has 0 aliphatic heterocycles. The second-order valence-corrected chi connectivity index (χ2v) is 6.13. The zero-order chi connectivity index (χ0) is 17.4. The minimum atomic E-state index is -0.459. The monoisotopic (exact) mass is 456 g/mol. The van der Waals surface area contributed by atoms with Crippen molar-refractivity contribution in [3.05, 3.63) is 87.2 Å². The highest BCUT2D eigenvalue weighted by Gasteiger charge is 1.99. The fourth-order valence-corrected chi connectivity index (χ4v) is 2.29. The van der Waals surface area contributed by atoms with Crippen molar-refractivity contribution < 1.29 is 13.5 Å². The van der Waals surface area contributed by atoms with Gasteiger partial charge in [0.15, 0.2) is 0 Å². The summed E-state index contributed by atoms with van der Waals surface area (Å²) >= 11 is 6.26. The summed E-state index contributed by atoms with van der Waals surface area (Å²) in [4.78, 5) is 7.53. The zero-order valence-corrected chi connectivity index (χ0v) is 15.5. The first-order chi connectivity index (χ1) is 11.5. The molecule has 0 spiro atoms. The van der Waals surface area contributed by atoms with E-state index in [1.54, 1.807) is 30.3 Å². The molecule has 0 fully saturated rings. The third-order valence-corrected chi connectivity index (χ3v) is 3.53. The van der Waals surface area contributed by atoms with Gasteiger partial charge in [-0.15, -0.1) is 0 Å². The Morgan fingerprint density at radius 1 is 0.833 bits per heavy atom. The van der Waals surface area contributed by atoms with E-state index in [4.69, 9.17) is 4.74 Å². The van der Waals surface area contributed by atoms with Crippen LogP contribution in [0.3, 0.4) is 0 Å². The minimum Gasteiger partial charge on any atom is -0.473 e. The van der Waals surface area contributed by atoms with Gasteiger partial charge in [-0.25, -0.2) is 14.4 Å². The molecule has 124 valence electrons. The van der Waals surface area contributed by atoms with E-state index in [-0.39, 0.29) is 5.82 Å². The Hall–Kier alpha value is -1.86. The number of hydrogen-bond donors (Lipinski definition) is 0. The number of halogens is 4. The summed E-state index contributed by atoms with van der Waals surface area (Å²) in [6, 6.07) is 16.3. The lowest BCUT2D eigenvalue weighted by molar-refractivity contribution is 0.293. The topological polar surface area (TPSA) is 35.0 Å². The van der Waals surface area contributed by atoms with E-state index in [1.165, 1.54) is 18.2 Å². The predicted molar refractivity (Wildman–Crippen MR) is 94.6 cm³/mol. The Kier molecular flexibility index (Phi) is 7.27. The SMILES string of the molecule is Fc1cccc(Br)n1.Fc1cccc(COc2cccc(Br)n2)c1. The van der Waals surface area contributed by atoms with Crippen molar-refractivity contribution in [1.82, 2.24) is 9.97 Å². The maximum absolute atomic E-state index is 12.9. The largest absolute Gasteiger partial charge is 0.473 e. The molecule has 3 nitrogen and oxygen atoms in total. The molecule has 0 unspecified atom stereocenters. The highest BCUT2D eigenvalue weighted by atomic mass is 79.9. The number of benzene rings is 1. The Morgan fingerprint density at radius 3 is 2.08 bits per heavy atom. The van der Waals surface area contributed by atoms with E-state index in [0.29, 0.717) is 21.7 Å². The van der Waals surface area contributed by atoms with E-state index in [0.717, 1.165) is 5.56 Å². The van der Waals surface area contributed by atoms with E-state index < -0.39 is 5.95 Å². The first-order valence-corrected chi connectivity index (χ1v) is 8.39. The standard InChI is InChI=1S/C12H9BrFNO.C5H3BrFN/c13-11-5-2-6-12(15-11)16-8-9-3-1-4-10(14)7-9;6-4-2-1-3-5(7)8-4/h1-7H,8H2;1-3H. The number of hydrogen-bond acceptors (Lipinski definition) is 3. The van der Waals surface area contributed by atoms with E-state index in [2.05, 4.69) is 41.8 Å². The quantitative estimate of drug-likeness (QED) is 0.484. The average Bonchev–Trinajstić information content (AvgIpc) is 2.54. The Morgan fingerprint density at radius 2 is 1.50 bits per heavy atom. The summed E-state index contributed by atoms with van der Waals surface area (Å²) in [6.45, 7) is 0.307. The van der Waals surface area contributed by atoms with Gasteiger partial charge < -0.3 is 4.74 Å². The van der Waals surface area contributed by atoms with Crippen molar-refractivity contribution >= 4 is 31.9 Å². The molecule has 3 aromatic rings. The maximum atomic E-state index is 12.9. The van der Waals surface area contributed by atoms with Crippen LogP contribution in [0.15, 0.2) is 69.9 Å². The lowest BCUT2D eigenvalue weighted by Gasteiger charge is -2.05. The molecule has 0 saturated heterocycles. The van der Waals surface area contributed by atoms with Crippen molar-refractivity contribution in [2.45, 2.75) is 6.61 Å². The zero-order valence-electron chi connectivity index (χ0n) is 12.3. The summed E-state index contributed by atoms with van der Waals surface area (Å²) in [5, 5.41) is 0. The van der Waals surface area contributed by atoms with E-state index in [1.807, 2.05) is 12.1 Å². The van der Waals surface area contributed by atoms with Gasteiger partial charge in [0.1, 0.15) is 21.6 Å². The molecule has 0 N–H and O–H groups in total. The third kappa shape index (κ3) is 6.72. The van der Waals surface area contributed by atoms with E-state index in [9.17, 15) is 8.78 Å². The van der Waals surface area contributed by atoms with Crippen LogP contribution in [-0.4, -0.2) is 9.97 Å². The molecular formula is C17H12Br2F2N2O. The molecule has 0 aliphatic rings. The number of aromatic nitrogens is 2. The highest BCUT2D eigenvalue weighted by molar-refractivity contribution is 9.10. The predicted octanol–water partition coefficient (Wildman–Crippen LogP) is 5.55. The summed E-state index contributed by atoms with van der Waals surface area (Å²) < 4.78 is 31.6. The number of ether oxygens (including phenoxy) is 1. The van der Waals surface area contributed by atoms with E-state index >= 15 is 0 Å². The molecule has 0 atom stereocenters. The lowest BCUT2D eigenvalue weighted by atomic mass is 10.2. The van der Waals surface area contributed by atoms with Crippen LogP contribution >= 0.6 is 31.9 Å². The average molecular weight is 458 g/mol. The van der Waals surface area contributed by atoms with Crippen molar-refractivity contribution in [2.75, 3.05) is 0 Å². The van der Waals surface area contributed by atoms with Crippen LogP contribution < -0.4 is 4.74 Å². The molecule has 0 saturated carbocycles. The Balaban J connectivity index is 0.000000219. The van der Waals surface area contributed by atoms with Gasteiger partial charge in [-0.05, 0) is 67.8 Å². The Labute approximate surface area is 155 Å². The smallest absolute Gasteiger partial charge is 0.214 e. The van der Waals surface area contributed by atoms with Crippen LogP contribution in [0.2, 0.25) is 0 Å².